The number of nitrogens with one attached hydrogen (secondary N) is 1. The minimum Gasteiger partial charge on any atom is -0.480 e. The predicted octanol–water partition coefficient (Wildman–Crippen LogP) is -0.512. The number of hydrogen-bond acceptors (Lipinski definition) is 5. The number of carbonyl (C=O) groups excluding carboxylic acids is 1. The van der Waals surface area contributed by atoms with Crippen LogP contribution in [0.5, 0.6) is 0 Å². The highest BCUT2D eigenvalue weighted by atomic mass is 16.5. The molecule has 1 atom stereocenters. The van der Waals surface area contributed by atoms with Crippen molar-refractivity contribution in [3.63, 3.8) is 0 Å². The zero-order valence-electron chi connectivity index (χ0n) is 8.69. The highest BCUT2D eigenvalue weighted by molar-refractivity contribution is 5.82. The summed E-state index contributed by atoms with van der Waals surface area (Å²) in [4.78, 5) is 21.5. The molecule has 0 aromatic rings. The molecule has 86 valence electrons. The predicted molar refractivity (Wildman–Crippen MR) is 52.0 cm³/mol. The van der Waals surface area contributed by atoms with Gasteiger partial charge in [-0.25, -0.2) is 9.59 Å². The van der Waals surface area contributed by atoms with E-state index in [1.54, 1.807) is 6.92 Å². The maximum absolute atomic E-state index is 10.9. The molecule has 0 saturated heterocycles. The summed E-state index contributed by atoms with van der Waals surface area (Å²) >= 11 is 0. The Labute approximate surface area is 87.5 Å². The third kappa shape index (κ3) is 5.69. The summed E-state index contributed by atoms with van der Waals surface area (Å²) in [5.41, 5.74) is 0.329. The van der Waals surface area contributed by atoms with E-state index in [0.29, 0.717) is 5.70 Å². The lowest BCUT2D eigenvalue weighted by Gasteiger charge is -2.12. The summed E-state index contributed by atoms with van der Waals surface area (Å²) < 4.78 is 4.62. The van der Waals surface area contributed by atoms with Crippen molar-refractivity contribution in [2.24, 2.45) is 0 Å². The smallest absolute Gasteiger partial charge is 0.332 e. The van der Waals surface area contributed by atoms with Crippen LogP contribution in [-0.4, -0.2) is 41.4 Å². The van der Waals surface area contributed by atoms with Gasteiger partial charge in [0.15, 0.2) is 0 Å². The summed E-state index contributed by atoms with van der Waals surface area (Å²) in [5.74, 6) is -1.74. The van der Waals surface area contributed by atoms with Crippen molar-refractivity contribution in [2.45, 2.75) is 19.9 Å². The number of carboxylic acids is 1. The Morgan fingerprint density at radius 2 is 2.13 bits per heavy atom. The maximum Gasteiger partial charge on any atom is 0.332 e. The zero-order valence-corrected chi connectivity index (χ0v) is 8.69. The molecule has 0 rings (SSSR count). The number of carboxylic acid groups (broad SMARTS) is 1. The molecule has 0 spiro atoms. The number of aliphatic carboxylic acids is 1. The molecule has 0 unspecified atom stereocenters. The highest BCUT2D eigenvalue weighted by Gasteiger charge is 2.15. The standard InChI is InChI=1S/C9H15NO5/c1-3-15-8(12)4-6(2)10-7(5-11)9(13)14/h4,7,10-11H,3,5H2,1-2H3,(H,13,14)/t7-/m0/s1. The van der Waals surface area contributed by atoms with Crippen molar-refractivity contribution in [1.82, 2.24) is 5.32 Å². The van der Waals surface area contributed by atoms with Crippen molar-refractivity contribution in [1.29, 1.82) is 0 Å². The Morgan fingerprint density at radius 1 is 1.53 bits per heavy atom. The van der Waals surface area contributed by atoms with Gasteiger partial charge in [-0.3, -0.25) is 0 Å². The Morgan fingerprint density at radius 3 is 2.53 bits per heavy atom. The van der Waals surface area contributed by atoms with Crippen LogP contribution in [-0.2, 0) is 14.3 Å². The summed E-state index contributed by atoms with van der Waals surface area (Å²) in [6, 6.07) is -1.12. The Bertz CT molecular complexity index is 261. The largest absolute Gasteiger partial charge is 0.480 e. The first-order chi connectivity index (χ1) is 7.01. The lowest BCUT2D eigenvalue weighted by molar-refractivity contribution is -0.140. The van der Waals surface area contributed by atoms with E-state index in [-0.39, 0.29) is 6.61 Å². The van der Waals surface area contributed by atoms with E-state index in [1.807, 2.05) is 0 Å². The fraction of sp³-hybridized carbons (Fsp3) is 0.556. The number of carbonyl (C=O) groups is 2. The summed E-state index contributed by atoms with van der Waals surface area (Å²) in [7, 11) is 0. The number of esters is 1. The molecule has 0 heterocycles. The van der Waals surface area contributed by atoms with Gasteiger partial charge in [0.25, 0.3) is 0 Å². The average molecular weight is 217 g/mol. The van der Waals surface area contributed by atoms with Crippen molar-refractivity contribution in [3.8, 4) is 0 Å². The van der Waals surface area contributed by atoms with Crippen molar-refractivity contribution >= 4 is 11.9 Å². The van der Waals surface area contributed by atoms with Crippen LogP contribution in [0.25, 0.3) is 0 Å². The molecule has 0 amide bonds. The minimum atomic E-state index is -1.19. The second-order valence-electron chi connectivity index (χ2n) is 2.80. The molecule has 0 aliphatic carbocycles. The lowest BCUT2D eigenvalue weighted by Crippen LogP contribution is -2.38. The molecule has 0 fully saturated rings. The maximum atomic E-state index is 10.9. The number of ether oxygens (including phenoxy) is 1. The number of aliphatic hydroxyl groups is 1. The first kappa shape index (κ1) is 13.4. The highest BCUT2D eigenvalue weighted by Crippen LogP contribution is 1.93. The average Bonchev–Trinajstić information content (AvgIpc) is 2.13. The van der Waals surface area contributed by atoms with Crippen molar-refractivity contribution in [3.05, 3.63) is 11.8 Å². The lowest BCUT2D eigenvalue weighted by atomic mass is 10.3. The van der Waals surface area contributed by atoms with Crippen LogP contribution >= 0.6 is 0 Å². The van der Waals surface area contributed by atoms with E-state index < -0.39 is 24.6 Å². The Hall–Kier alpha value is -1.56. The second kappa shape index (κ2) is 6.83. The molecule has 0 bridgehead atoms. The topological polar surface area (TPSA) is 95.9 Å². The van der Waals surface area contributed by atoms with Crippen LogP contribution in [0.2, 0.25) is 0 Å². The third-order valence-corrected chi connectivity index (χ3v) is 1.50. The molecule has 0 aromatic carbocycles. The van der Waals surface area contributed by atoms with E-state index >= 15 is 0 Å². The summed E-state index contributed by atoms with van der Waals surface area (Å²) in [6.07, 6.45) is 1.13. The molecule has 0 radical (unpaired) electrons. The van der Waals surface area contributed by atoms with Gasteiger partial charge in [0.1, 0.15) is 6.04 Å². The fourth-order valence-electron chi connectivity index (χ4n) is 0.863. The van der Waals surface area contributed by atoms with Crippen LogP contribution in [0.3, 0.4) is 0 Å². The normalized spacial score (nSPS) is 13.1. The third-order valence-electron chi connectivity index (χ3n) is 1.50. The molecule has 3 N–H and O–H groups in total. The molecule has 6 nitrogen and oxygen atoms in total. The van der Waals surface area contributed by atoms with Gasteiger partial charge in [-0.2, -0.15) is 0 Å². The number of rotatable bonds is 6. The van der Waals surface area contributed by atoms with Crippen LogP contribution in [0.1, 0.15) is 13.8 Å². The second-order valence-corrected chi connectivity index (χ2v) is 2.80. The number of hydrogen-bond donors (Lipinski definition) is 3. The molecular weight excluding hydrogens is 202 g/mol. The Balaban J connectivity index is 4.26. The minimum absolute atomic E-state index is 0.255. The van der Waals surface area contributed by atoms with Gasteiger partial charge < -0.3 is 20.3 Å². The monoisotopic (exact) mass is 217 g/mol. The molecule has 0 aliphatic heterocycles. The first-order valence-electron chi connectivity index (χ1n) is 4.46. The molecule has 6 heteroatoms. The van der Waals surface area contributed by atoms with Gasteiger partial charge in [-0.05, 0) is 13.8 Å². The van der Waals surface area contributed by atoms with Crippen molar-refractivity contribution in [2.75, 3.05) is 13.2 Å². The van der Waals surface area contributed by atoms with Crippen LogP contribution in [0.15, 0.2) is 11.8 Å². The van der Waals surface area contributed by atoms with Gasteiger partial charge in [-0.15, -0.1) is 0 Å². The van der Waals surface area contributed by atoms with E-state index in [1.165, 1.54) is 6.92 Å². The van der Waals surface area contributed by atoms with Gasteiger partial charge >= 0.3 is 11.9 Å². The summed E-state index contributed by atoms with van der Waals surface area (Å²) in [6.45, 7) is 2.89. The molecule has 0 aromatic heterocycles. The van der Waals surface area contributed by atoms with Gasteiger partial charge in [0.2, 0.25) is 0 Å². The zero-order chi connectivity index (χ0) is 11.8. The molecular formula is C9H15NO5. The van der Waals surface area contributed by atoms with E-state index in [4.69, 9.17) is 10.2 Å². The quantitative estimate of drug-likeness (QED) is 0.409. The Kier molecular flexibility index (Phi) is 6.12. The van der Waals surface area contributed by atoms with Crippen molar-refractivity contribution < 1.29 is 24.5 Å². The van der Waals surface area contributed by atoms with Gasteiger partial charge in [0.05, 0.1) is 13.2 Å². The molecule has 15 heavy (non-hydrogen) atoms. The van der Waals surface area contributed by atoms with Gasteiger partial charge in [-0.1, -0.05) is 0 Å². The van der Waals surface area contributed by atoms with Crippen LogP contribution in [0.4, 0.5) is 0 Å². The van der Waals surface area contributed by atoms with Crippen LogP contribution in [0, 0.1) is 0 Å². The fourth-order valence-corrected chi connectivity index (χ4v) is 0.863. The number of allylic oxidation sites excluding steroid dienone is 1. The SMILES string of the molecule is CCOC(=O)C=C(C)N[C@@H](CO)C(=O)O. The first-order valence-corrected chi connectivity index (χ1v) is 4.46. The van der Waals surface area contributed by atoms with E-state index in [9.17, 15) is 9.59 Å². The van der Waals surface area contributed by atoms with E-state index in [2.05, 4.69) is 10.1 Å². The molecule has 0 saturated carbocycles. The molecule has 0 aliphatic rings. The number of aliphatic hydroxyl groups excluding tert-OH is 1. The van der Waals surface area contributed by atoms with Crippen LogP contribution < -0.4 is 5.32 Å². The summed E-state index contributed by atoms with van der Waals surface area (Å²) in [5, 5.41) is 19.8. The van der Waals surface area contributed by atoms with E-state index in [0.717, 1.165) is 6.08 Å². The van der Waals surface area contributed by atoms with Gasteiger partial charge in [0, 0.05) is 11.8 Å².